The van der Waals surface area contributed by atoms with Crippen molar-refractivity contribution in [2.45, 2.75) is 0 Å². The van der Waals surface area contributed by atoms with E-state index in [0.717, 1.165) is 0 Å². The number of nitrogen functional groups attached to an aromatic ring is 1. The molecule has 0 unspecified atom stereocenters. The van der Waals surface area contributed by atoms with Crippen LogP contribution >= 0.6 is 27.5 Å². The molecule has 0 atom stereocenters. The molecule has 0 aliphatic heterocycles. The van der Waals surface area contributed by atoms with E-state index in [0.29, 0.717) is 15.7 Å². The molecule has 2 nitrogen and oxygen atoms in total. The van der Waals surface area contributed by atoms with Crippen molar-refractivity contribution in [2.24, 2.45) is 0 Å². The summed E-state index contributed by atoms with van der Waals surface area (Å²) >= 11 is 8.87. The van der Waals surface area contributed by atoms with Crippen LogP contribution in [0.15, 0.2) is 40.9 Å². The molecule has 0 fully saturated rings. The summed E-state index contributed by atoms with van der Waals surface area (Å²) in [4.78, 5) is 12.1. The van der Waals surface area contributed by atoms with Crippen LogP contribution in [0.2, 0.25) is 5.02 Å². The first-order valence-electron chi connectivity index (χ1n) is 5.04. The van der Waals surface area contributed by atoms with Crippen molar-refractivity contribution in [2.75, 3.05) is 5.73 Å². The third kappa shape index (κ3) is 2.40. The summed E-state index contributed by atoms with van der Waals surface area (Å²) in [6.45, 7) is 0. The van der Waals surface area contributed by atoms with E-state index in [1.165, 1.54) is 18.2 Å². The van der Waals surface area contributed by atoms with Gasteiger partial charge < -0.3 is 5.73 Å². The average Bonchev–Trinajstić information content (AvgIpc) is 2.35. The Morgan fingerprint density at radius 3 is 2.67 bits per heavy atom. The van der Waals surface area contributed by atoms with Crippen LogP contribution in [0, 0.1) is 5.82 Å². The number of rotatable bonds is 2. The molecule has 2 rings (SSSR count). The topological polar surface area (TPSA) is 43.1 Å². The van der Waals surface area contributed by atoms with Crippen molar-refractivity contribution in [1.29, 1.82) is 0 Å². The van der Waals surface area contributed by atoms with E-state index in [4.69, 9.17) is 17.3 Å². The van der Waals surface area contributed by atoms with Gasteiger partial charge in [0.25, 0.3) is 0 Å². The summed E-state index contributed by atoms with van der Waals surface area (Å²) in [5.74, 6) is -1.15. The van der Waals surface area contributed by atoms with E-state index >= 15 is 0 Å². The van der Waals surface area contributed by atoms with E-state index in [2.05, 4.69) is 15.9 Å². The molecule has 92 valence electrons. The van der Waals surface area contributed by atoms with Gasteiger partial charge in [-0.2, -0.15) is 0 Å². The first kappa shape index (κ1) is 13.1. The minimum absolute atomic E-state index is 0.0563. The lowest BCUT2D eigenvalue weighted by atomic mass is 10.0. The number of benzene rings is 2. The standard InChI is InChI=1S/C13H8BrClFNO/c14-9-6-7(4-5-11(9)17)13(18)8-2-1-3-10(15)12(8)16/h1-6H,17H2. The molecule has 0 bridgehead atoms. The molecular weight excluding hydrogens is 321 g/mol. The molecule has 0 amide bonds. The Morgan fingerprint density at radius 2 is 2.00 bits per heavy atom. The molecule has 18 heavy (non-hydrogen) atoms. The number of hydrogen-bond acceptors (Lipinski definition) is 2. The molecule has 2 N–H and O–H groups in total. The second kappa shape index (κ2) is 5.08. The van der Waals surface area contributed by atoms with Gasteiger partial charge in [-0.25, -0.2) is 4.39 Å². The van der Waals surface area contributed by atoms with Gasteiger partial charge in [0.15, 0.2) is 11.6 Å². The molecule has 0 saturated carbocycles. The van der Waals surface area contributed by atoms with Gasteiger partial charge >= 0.3 is 0 Å². The highest BCUT2D eigenvalue weighted by Crippen LogP contribution is 2.24. The fraction of sp³-hybridized carbons (Fsp3) is 0. The summed E-state index contributed by atoms with van der Waals surface area (Å²) in [6.07, 6.45) is 0. The smallest absolute Gasteiger partial charge is 0.196 e. The molecular formula is C13H8BrClFNO. The molecule has 0 spiro atoms. The summed E-state index contributed by atoms with van der Waals surface area (Å²) in [6, 6.07) is 9.01. The SMILES string of the molecule is Nc1ccc(C(=O)c2cccc(Cl)c2F)cc1Br. The van der Waals surface area contributed by atoms with Crippen LogP contribution in [-0.2, 0) is 0 Å². The fourth-order valence-electron chi connectivity index (χ4n) is 1.50. The number of carbonyl (C=O) groups excluding carboxylic acids is 1. The number of carbonyl (C=O) groups is 1. The van der Waals surface area contributed by atoms with Gasteiger partial charge in [-0.15, -0.1) is 0 Å². The number of anilines is 1. The Hall–Kier alpha value is -1.39. The fourth-order valence-corrected chi connectivity index (χ4v) is 2.06. The Bertz CT molecular complexity index is 630. The lowest BCUT2D eigenvalue weighted by molar-refractivity contribution is 0.103. The molecule has 0 aliphatic rings. The molecule has 0 saturated heterocycles. The molecule has 5 heteroatoms. The van der Waals surface area contributed by atoms with Crippen molar-refractivity contribution in [3.8, 4) is 0 Å². The molecule has 0 radical (unpaired) electrons. The highest BCUT2D eigenvalue weighted by atomic mass is 79.9. The van der Waals surface area contributed by atoms with Gasteiger partial charge in [0.2, 0.25) is 0 Å². The van der Waals surface area contributed by atoms with Crippen molar-refractivity contribution < 1.29 is 9.18 Å². The summed E-state index contributed by atoms with van der Waals surface area (Å²) in [7, 11) is 0. The second-order valence-corrected chi connectivity index (χ2v) is 4.93. The Kier molecular flexibility index (Phi) is 3.68. The van der Waals surface area contributed by atoms with E-state index in [1.54, 1.807) is 18.2 Å². The predicted molar refractivity (Wildman–Crippen MR) is 73.4 cm³/mol. The van der Waals surface area contributed by atoms with Gasteiger partial charge in [0.05, 0.1) is 10.6 Å². The third-order valence-electron chi connectivity index (χ3n) is 2.46. The lowest BCUT2D eigenvalue weighted by Gasteiger charge is -2.05. The van der Waals surface area contributed by atoms with Gasteiger partial charge in [-0.3, -0.25) is 4.79 Å². The highest BCUT2D eigenvalue weighted by Gasteiger charge is 2.16. The van der Waals surface area contributed by atoms with Crippen molar-refractivity contribution in [1.82, 2.24) is 0 Å². The maximum atomic E-state index is 13.7. The van der Waals surface area contributed by atoms with Gasteiger partial charge in [0.1, 0.15) is 0 Å². The first-order valence-corrected chi connectivity index (χ1v) is 6.21. The molecule has 2 aromatic rings. The zero-order valence-corrected chi connectivity index (χ0v) is 11.4. The number of halogens is 3. The van der Waals surface area contributed by atoms with Crippen molar-refractivity contribution in [3.63, 3.8) is 0 Å². The van der Waals surface area contributed by atoms with Crippen LogP contribution in [-0.4, -0.2) is 5.78 Å². The number of nitrogens with two attached hydrogens (primary N) is 1. The Morgan fingerprint density at radius 1 is 1.28 bits per heavy atom. The molecule has 0 heterocycles. The minimum atomic E-state index is -0.711. The third-order valence-corrected chi connectivity index (χ3v) is 3.44. The largest absolute Gasteiger partial charge is 0.398 e. The number of hydrogen-bond donors (Lipinski definition) is 1. The second-order valence-electron chi connectivity index (χ2n) is 3.67. The first-order chi connectivity index (χ1) is 8.50. The zero-order valence-electron chi connectivity index (χ0n) is 9.08. The normalized spacial score (nSPS) is 10.4. The van der Waals surface area contributed by atoms with E-state index in [-0.39, 0.29) is 10.6 Å². The van der Waals surface area contributed by atoms with Crippen molar-refractivity contribution in [3.05, 3.63) is 62.8 Å². The van der Waals surface area contributed by atoms with Crippen molar-refractivity contribution >= 4 is 39.0 Å². The van der Waals surface area contributed by atoms with Crippen LogP contribution in [0.1, 0.15) is 15.9 Å². The van der Waals surface area contributed by atoms with E-state index in [1.807, 2.05) is 0 Å². The van der Waals surface area contributed by atoms with E-state index in [9.17, 15) is 9.18 Å². The Labute approximate surface area is 117 Å². The maximum absolute atomic E-state index is 13.7. The van der Waals surface area contributed by atoms with E-state index < -0.39 is 11.6 Å². The lowest BCUT2D eigenvalue weighted by Crippen LogP contribution is -2.05. The molecule has 0 aliphatic carbocycles. The van der Waals surface area contributed by atoms with Crippen LogP contribution in [0.4, 0.5) is 10.1 Å². The minimum Gasteiger partial charge on any atom is -0.398 e. The predicted octanol–water partition coefficient (Wildman–Crippen LogP) is 4.05. The average molecular weight is 329 g/mol. The maximum Gasteiger partial charge on any atom is 0.196 e. The van der Waals surface area contributed by atoms with Crippen LogP contribution < -0.4 is 5.73 Å². The summed E-state index contributed by atoms with van der Waals surface area (Å²) in [5, 5.41) is -0.0737. The molecule has 0 aromatic heterocycles. The summed E-state index contributed by atoms with van der Waals surface area (Å²) < 4.78 is 14.3. The molecule has 2 aromatic carbocycles. The zero-order chi connectivity index (χ0) is 13.3. The van der Waals surface area contributed by atoms with Crippen LogP contribution in [0.3, 0.4) is 0 Å². The monoisotopic (exact) mass is 327 g/mol. The highest BCUT2D eigenvalue weighted by molar-refractivity contribution is 9.10. The quantitative estimate of drug-likeness (QED) is 0.667. The van der Waals surface area contributed by atoms with Gasteiger partial charge in [-0.05, 0) is 46.3 Å². The summed E-state index contributed by atoms with van der Waals surface area (Å²) in [5.41, 5.74) is 6.43. The number of ketones is 1. The van der Waals surface area contributed by atoms with Gasteiger partial charge in [0, 0.05) is 15.7 Å². The Balaban J connectivity index is 2.48. The van der Waals surface area contributed by atoms with Crippen LogP contribution in [0.25, 0.3) is 0 Å². The van der Waals surface area contributed by atoms with Gasteiger partial charge in [-0.1, -0.05) is 17.7 Å². The van der Waals surface area contributed by atoms with Crippen LogP contribution in [0.5, 0.6) is 0 Å².